The summed E-state index contributed by atoms with van der Waals surface area (Å²) >= 11 is 0. The van der Waals surface area contributed by atoms with Crippen LogP contribution in [0.25, 0.3) is 0 Å². The monoisotopic (exact) mass is 275 g/mol. The Hall–Kier alpha value is -1.39. The normalized spacial score (nSPS) is 17.1. The summed E-state index contributed by atoms with van der Waals surface area (Å²) in [6, 6.07) is 7.80. The molecule has 1 heterocycles. The Bertz CT molecular complexity index is 422. The van der Waals surface area contributed by atoms with Crippen LogP contribution in [0.4, 0.5) is 5.69 Å². The van der Waals surface area contributed by atoms with E-state index in [1.807, 2.05) is 31.2 Å². The summed E-state index contributed by atoms with van der Waals surface area (Å²) < 4.78 is 0. The molecule has 1 aromatic rings. The lowest BCUT2D eigenvalue weighted by Crippen LogP contribution is -2.45. The maximum Gasteiger partial charge on any atom is 0.162 e. The van der Waals surface area contributed by atoms with Gasteiger partial charge in [0.2, 0.25) is 0 Å². The van der Waals surface area contributed by atoms with Gasteiger partial charge >= 0.3 is 0 Å². The largest absolute Gasteiger partial charge is 0.384 e. The van der Waals surface area contributed by atoms with Crippen LogP contribution in [-0.2, 0) is 0 Å². The molecular weight excluding hydrogens is 250 g/mol. The number of hydrogen-bond donors (Lipinski definition) is 1. The molecule has 1 aliphatic rings. The Morgan fingerprint density at radius 1 is 1.15 bits per heavy atom. The molecule has 110 valence electrons. The van der Waals surface area contributed by atoms with E-state index in [4.69, 9.17) is 0 Å². The molecule has 20 heavy (non-hydrogen) atoms. The molecule has 1 N–H and O–H groups in total. The van der Waals surface area contributed by atoms with Crippen LogP contribution in [-0.4, -0.2) is 61.9 Å². The van der Waals surface area contributed by atoms with E-state index in [0.29, 0.717) is 6.42 Å². The zero-order valence-electron chi connectivity index (χ0n) is 12.6. The fourth-order valence-electron chi connectivity index (χ4n) is 2.41. The molecule has 0 aromatic heterocycles. The maximum absolute atomic E-state index is 11.5. The van der Waals surface area contributed by atoms with Crippen LogP contribution in [0.5, 0.6) is 0 Å². The predicted octanol–water partition coefficient (Wildman–Crippen LogP) is 1.94. The quantitative estimate of drug-likeness (QED) is 0.805. The molecule has 1 saturated heterocycles. The van der Waals surface area contributed by atoms with E-state index in [9.17, 15) is 4.79 Å². The lowest BCUT2D eigenvalue weighted by Gasteiger charge is -2.32. The SMILES string of the molecule is CCC(=O)c1ccc(NCCN2CCN(C)CC2)cc1. The number of ketones is 1. The Labute approximate surface area is 121 Å². The summed E-state index contributed by atoms with van der Waals surface area (Å²) in [5.74, 6) is 0.203. The number of hydrogen-bond acceptors (Lipinski definition) is 4. The Balaban J connectivity index is 1.73. The summed E-state index contributed by atoms with van der Waals surface area (Å²) in [6.07, 6.45) is 0.566. The van der Waals surface area contributed by atoms with Gasteiger partial charge in [-0.15, -0.1) is 0 Å². The Kier molecular flexibility index (Phi) is 5.56. The van der Waals surface area contributed by atoms with Crippen LogP contribution in [0.3, 0.4) is 0 Å². The van der Waals surface area contributed by atoms with Crippen molar-refractivity contribution in [3.63, 3.8) is 0 Å². The standard InChI is InChI=1S/C16H25N3O/c1-3-16(20)14-4-6-15(7-5-14)17-8-9-19-12-10-18(2)11-13-19/h4-7,17H,3,8-13H2,1-2H3. The number of rotatable bonds is 6. The number of Topliss-reactive ketones (excluding diaryl/α,β-unsaturated/α-hetero) is 1. The lowest BCUT2D eigenvalue weighted by molar-refractivity contribution is 0.0988. The number of carbonyl (C=O) groups is 1. The van der Waals surface area contributed by atoms with Crippen molar-refractivity contribution in [2.75, 3.05) is 51.6 Å². The van der Waals surface area contributed by atoms with E-state index in [2.05, 4.69) is 22.2 Å². The molecule has 0 aliphatic carbocycles. The molecule has 1 fully saturated rings. The van der Waals surface area contributed by atoms with Gasteiger partial charge in [0.05, 0.1) is 0 Å². The van der Waals surface area contributed by atoms with Crippen molar-refractivity contribution in [2.45, 2.75) is 13.3 Å². The van der Waals surface area contributed by atoms with Gasteiger partial charge in [-0.3, -0.25) is 9.69 Å². The van der Waals surface area contributed by atoms with Gasteiger partial charge in [0.15, 0.2) is 5.78 Å². The van der Waals surface area contributed by atoms with E-state index in [1.165, 1.54) is 0 Å². The van der Waals surface area contributed by atoms with Crippen LogP contribution in [0, 0.1) is 0 Å². The third-order valence-electron chi connectivity index (χ3n) is 3.88. The first-order valence-corrected chi connectivity index (χ1v) is 7.47. The van der Waals surface area contributed by atoms with Gasteiger partial charge in [0.25, 0.3) is 0 Å². The van der Waals surface area contributed by atoms with Gasteiger partial charge in [0.1, 0.15) is 0 Å². The third kappa shape index (κ3) is 4.32. The van der Waals surface area contributed by atoms with Crippen molar-refractivity contribution >= 4 is 11.5 Å². The third-order valence-corrected chi connectivity index (χ3v) is 3.88. The van der Waals surface area contributed by atoms with E-state index in [0.717, 1.165) is 50.5 Å². The predicted molar refractivity (Wildman–Crippen MR) is 83.5 cm³/mol. The number of carbonyl (C=O) groups excluding carboxylic acids is 1. The first-order chi connectivity index (χ1) is 9.69. The molecule has 4 heteroatoms. The minimum atomic E-state index is 0.203. The van der Waals surface area contributed by atoms with Gasteiger partial charge in [-0.25, -0.2) is 0 Å². The average Bonchev–Trinajstić information content (AvgIpc) is 2.49. The molecule has 0 saturated carbocycles. The summed E-state index contributed by atoms with van der Waals surface area (Å²) in [4.78, 5) is 16.4. The van der Waals surface area contributed by atoms with Crippen molar-refractivity contribution in [1.29, 1.82) is 0 Å². The van der Waals surface area contributed by atoms with Crippen LogP contribution >= 0.6 is 0 Å². The van der Waals surface area contributed by atoms with Crippen LogP contribution in [0.1, 0.15) is 23.7 Å². The number of nitrogens with zero attached hydrogens (tertiary/aromatic N) is 2. The van der Waals surface area contributed by atoms with Crippen LogP contribution in [0.2, 0.25) is 0 Å². The second kappa shape index (κ2) is 7.41. The number of benzene rings is 1. The summed E-state index contributed by atoms with van der Waals surface area (Å²) in [6.45, 7) is 8.55. The second-order valence-electron chi connectivity index (χ2n) is 5.43. The van der Waals surface area contributed by atoms with Gasteiger partial charge in [-0.2, -0.15) is 0 Å². The average molecular weight is 275 g/mol. The molecule has 0 atom stereocenters. The maximum atomic E-state index is 11.5. The van der Waals surface area contributed by atoms with Gasteiger partial charge in [-0.05, 0) is 31.3 Å². The van der Waals surface area contributed by atoms with E-state index in [1.54, 1.807) is 0 Å². The molecule has 0 bridgehead atoms. The van der Waals surface area contributed by atoms with Gasteiger partial charge < -0.3 is 10.2 Å². The highest BCUT2D eigenvalue weighted by Crippen LogP contribution is 2.11. The van der Waals surface area contributed by atoms with Crippen molar-refractivity contribution in [2.24, 2.45) is 0 Å². The zero-order chi connectivity index (χ0) is 14.4. The summed E-state index contributed by atoms with van der Waals surface area (Å²) in [5.41, 5.74) is 1.89. The first kappa shape index (κ1) is 15.0. The summed E-state index contributed by atoms with van der Waals surface area (Å²) in [5, 5.41) is 3.42. The number of anilines is 1. The Morgan fingerprint density at radius 3 is 2.40 bits per heavy atom. The Morgan fingerprint density at radius 2 is 1.80 bits per heavy atom. The first-order valence-electron chi connectivity index (χ1n) is 7.47. The molecule has 1 aliphatic heterocycles. The zero-order valence-corrected chi connectivity index (χ0v) is 12.6. The highest BCUT2D eigenvalue weighted by Gasteiger charge is 2.12. The van der Waals surface area contributed by atoms with Crippen molar-refractivity contribution < 1.29 is 4.79 Å². The summed E-state index contributed by atoms with van der Waals surface area (Å²) in [7, 11) is 2.18. The van der Waals surface area contributed by atoms with Gasteiger partial charge in [-0.1, -0.05) is 6.92 Å². The van der Waals surface area contributed by atoms with Crippen LogP contribution in [0.15, 0.2) is 24.3 Å². The molecule has 0 radical (unpaired) electrons. The molecule has 0 amide bonds. The molecule has 1 aromatic carbocycles. The highest BCUT2D eigenvalue weighted by atomic mass is 16.1. The van der Waals surface area contributed by atoms with Crippen molar-refractivity contribution in [3.8, 4) is 0 Å². The molecular formula is C16H25N3O. The number of piperazine rings is 1. The molecule has 0 unspecified atom stereocenters. The minimum Gasteiger partial charge on any atom is -0.384 e. The number of likely N-dealkylation sites (N-methyl/N-ethyl adjacent to an activating group) is 1. The van der Waals surface area contributed by atoms with E-state index < -0.39 is 0 Å². The number of nitrogens with one attached hydrogen (secondary N) is 1. The van der Waals surface area contributed by atoms with Crippen molar-refractivity contribution in [1.82, 2.24) is 9.80 Å². The fourth-order valence-corrected chi connectivity index (χ4v) is 2.41. The second-order valence-corrected chi connectivity index (χ2v) is 5.43. The van der Waals surface area contributed by atoms with Gasteiger partial charge in [0, 0.05) is 56.9 Å². The molecule has 0 spiro atoms. The topological polar surface area (TPSA) is 35.6 Å². The van der Waals surface area contributed by atoms with E-state index >= 15 is 0 Å². The van der Waals surface area contributed by atoms with Crippen molar-refractivity contribution in [3.05, 3.63) is 29.8 Å². The smallest absolute Gasteiger partial charge is 0.162 e. The molecule has 4 nitrogen and oxygen atoms in total. The molecule has 2 rings (SSSR count). The lowest BCUT2D eigenvalue weighted by atomic mass is 10.1. The van der Waals surface area contributed by atoms with E-state index in [-0.39, 0.29) is 5.78 Å². The van der Waals surface area contributed by atoms with Crippen LogP contribution < -0.4 is 5.32 Å². The highest BCUT2D eigenvalue weighted by molar-refractivity contribution is 5.96. The minimum absolute atomic E-state index is 0.203. The fraction of sp³-hybridized carbons (Fsp3) is 0.562.